The Bertz CT molecular complexity index is 1230. The lowest BCUT2D eigenvalue weighted by Crippen LogP contribution is -2.51. The first-order valence-electron chi connectivity index (χ1n) is 10.5. The Hall–Kier alpha value is -1.99. The molecule has 2 heterocycles. The number of amides is 2. The van der Waals surface area contributed by atoms with Gasteiger partial charge < -0.3 is 14.4 Å². The molecule has 0 spiro atoms. The fourth-order valence-electron chi connectivity index (χ4n) is 4.15. The molecule has 1 aromatic heterocycles. The van der Waals surface area contributed by atoms with Crippen molar-refractivity contribution in [3.8, 4) is 0 Å². The minimum absolute atomic E-state index is 0.0180. The summed E-state index contributed by atoms with van der Waals surface area (Å²) < 4.78 is 1.89. The number of carbonyl (C=O) groups is 2. The number of hydrogen-bond donors (Lipinski definition) is 0. The SMILES string of the molecule is CC(=O)N1CCN(C(=O)[C@H](C)n2c(Cc3ccc(Cl)cc3Cl)nc3cc(Cl)c(Cl)cc32)CC1. The van der Waals surface area contributed by atoms with E-state index in [0.717, 1.165) is 5.56 Å². The molecule has 0 bridgehead atoms. The summed E-state index contributed by atoms with van der Waals surface area (Å²) in [6, 6.07) is 8.19. The van der Waals surface area contributed by atoms with E-state index < -0.39 is 6.04 Å². The van der Waals surface area contributed by atoms with Crippen molar-refractivity contribution in [2.45, 2.75) is 26.3 Å². The number of nitrogens with zero attached hydrogens (tertiary/aromatic N) is 4. The van der Waals surface area contributed by atoms with Gasteiger partial charge in [-0.3, -0.25) is 9.59 Å². The van der Waals surface area contributed by atoms with E-state index in [-0.39, 0.29) is 11.8 Å². The highest BCUT2D eigenvalue weighted by Gasteiger charge is 2.29. The molecular formula is C23H22Cl4N4O2. The average molecular weight is 528 g/mol. The van der Waals surface area contributed by atoms with Crippen LogP contribution in [0.4, 0.5) is 0 Å². The highest BCUT2D eigenvalue weighted by Crippen LogP contribution is 2.32. The third kappa shape index (κ3) is 4.94. The maximum atomic E-state index is 13.5. The van der Waals surface area contributed by atoms with Crippen LogP contribution in [0.1, 0.15) is 31.3 Å². The zero-order valence-electron chi connectivity index (χ0n) is 18.1. The summed E-state index contributed by atoms with van der Waals surface area (Å²) in [5.41, 5.74) is 2.20. The molecule has 3 aromatic rings. The van der Waals surface area contributed by atoms with E-state index in [4.69, 9.17) is 51.4 Å². The summed E-state index contributed by atoms with van der Waals surface area (Å²) in [4.78, 5) is 33.4. The molecule has 2 amide bonds. The summed E-state index contributed by atoms with van der Waals surface area (Å²) in [5, 5.41) is 1.85. The molecule has 6 nitrogen and oxygen atoms in total. The van der Waals surface area contributed by atoms with Crippen molar-refractivity contribution in [3.63, 3.8) is 0 Å². The maximum absolute atomic E-state index is 13.5. The molecule has 0 radical (unpaired) electrons. The van der Waals surface area contributed by atoms with Gasteiger partial charge in [0.15, 0.2) is 0 Å². The molecule has 1 atom stereocenters. The summed E-state index contributed by atoms with van der Waals surface area (Å²) in [6.07, 6.45) is 0.398. The van der Waals surface area contributed by atoms with Crippen LogP contribution in [0, 0.1) is 0 Å². The van der Waals surface area contributed by atoms with Gasteiger partial charge in [-0.2, -0.15) is 0 Å². The Labute approximate surface area is 212 Å². The highest BCUT2D eigenvalue weighted by atomic mass is 35.5. The number of piperazine rings is 1. The van der Waals surface area contributed by atoms with Crippen LogP contribution < -0.4 is 0 Å². The second-order valence-corrected chi connectivity index (χ2v) is 9.73. The van der Waals surface area contributed by atoms with Gasteiger partial charge in [0.1, 0.15) is 11.9 Å². The fourth-order valence-corrected chi connectivity index (χ4v) is 4.94. The van der Waals surface area contributed by atoms with E-state index in [9.17, 15) is 9.59 Å². The molecular weight excluding hydrogens is 506 g/mol. The number of hydrogen-bond acceptors (Lipinski definition) is 3. The van der Waals surface area contributed by atoms with Crippen LogP contribution in [-0.2, 0) is 16.0 Å². The molecule has 0 aliphatic carbocycles. The Morgan fingerprint density at radius 1 is 0.939 bits per heavy atom. The zero-order valence-corrected chi connectivity index (χ0v) is 21.1. The second-order valence-electron chi connectivity index (χ2n) is 8.07. The van der Waals surface area contributed by atoms with Gasteiger partial charge in [-0.25, -0.2) is 4.98 Å². The van der Waals surface area contributed by atoms with Crippen molar-refractivity contribution in [2.24, 2.45) is 0 Å². The third-order valence-electron chi connectivity index (χ3n) is 5.95. The molecule has 10 heteroatoms. The third-order valence-corrected chi connectivity index (χ3v) is 7.26. The van der Waals surface area contributed by atoms with Gasteiger partial charge in [-0.05, 0) is 36.8 Å². The lowest BCUT2D eigenvalue weighted by Gasteiger charge is -2.36. The Morgan fingerprint density at radius 2 is 1.58 bits per heavy atom. The molecule has 4 rings (SSSR count). The standard InChI is InChI=1S/C23H22Cl4N4O2/c1-13(23(33)30-7-5-29(6-8-30)14(2)32)31-21-12-19(27)18(26)11-20(21)28-22(31)9-15-3-4-16(24)10-17(15)25/h3-4,10-13H,5-9H2,1-2H3/t13-/m0/s1. The molecule has 0 saturated carbocycles. The van der Waals surface area contributed by atoms with Crippen molar-refractivity contribution in [1.29, 1.82) is 0 Å². The minimum Gasteiger partial charge on any atom is -0.339 e. The van der Waals surface area contributed by atoms with Crippen molar-refractivity contribution in [2.75, 3.05) is 26.2 Å². The zero-order chi connectivity index (χ0) is 23.9. The summed E-state index contributed by atoms with van der Waals surface area (Å²) >= 11 is 25.0. The molecule has 1 aliphatic rings. The Balaban J connectivity index is 1.71. The molecule has 1 aliphatic heterocycles. The minimum atomic E-state index is -0.544. The molecule has 0 N–H and O–H groups in total. The van der Waals surface area contributed by atoms with Crippen LogP contribution in [0.25, 0.3) is 11.0 Å². The van der Waals surface area contributed by atoms with Crippen molar-refractivity contribution >= 4 is 69.3 Å². The Kier molecular flexibility index (Phi) is 7.10. The van der Waals surface area contributed by atoms with Crippen molar-refractivity contribution in [1.82, 2.24) is 19.4 Å². The lowest BCUT2D eigenvalue weighted by molar-refractivity contribution is -0.140. The van der Waals surface area contributed by atoms with E-state index >= 15 is 0 Å². The van der Waals surface area contributed by atoms with Crippen LogP contribution in [0.15, 0.2) is 30.3 Å². The van der Waals surface area contributed by atoms with Gasteiger partial charge in [0.2, 0.25) is 11.8 Å². The van der Waals surface area contributed by atoms with Crippen LogP contribution in [0.5, 0.6) is 0 Å². The van der Waals surface area contributed by atoms with Gasteiger partial charge in [-0.1, -0.05) is 52.5 Å². The molecule has 174 valence electrons. The van der Waals surface area contributed by atoms with Crippen molar-refractivity contribution < 1.29 is 9.59 Å². The first kappa shape index (κ1) is 24.1. The predicted molar refractivity (Wildman–Crippen MR) is 133 cm³/mol. The van der Waals surface area contributed by atoms with E-state index in [1.165, 1.54) is 0 Å². The van der Waals surface area contributed by atoms with Crippen molar-refractivity contribution in [3.05, 3.63) is 61.8 Å². The maximum Gasteiger partial charge on any atom is 0.245 e. The van der Waals surface area contributed by atoms with Crippen LogP contribution in [0.3, 0.4) is 0 Å². The van der Waals surface area contributed by atoms with E-state index in [2.05, 4.69) is 0 Å². The van der Waals surface area contributed by atoms with Crippen LogP contribution >= 0.6 is 46.4 Å². The fraction of sp³-hybridized carbons (Fsp3) is 0.348. The average Bonchev–Trinajstić information content (AvgIpc) is 3.11. The number of imidazole rings is 1. The number of aromatic nitrogens is 2. The first-order chi connectivity index (χ1) is 15.7. The van der Waals surface area contributed by atoms with E-state index in [1.807, 2.05) is 17.6 Å². The second kappa shape index (κ2) is 9.71. The molecule has 1 fully saturated rings. The topological polar surface area (TPSA) is 58.4 Å². The van der Waals surface area contributed by atoms with E-state index in [1.54, 1.807) is 41.0 Å². The first-order valence-corrected chi connectivity index (χ1v) is 12.0. The largest absolute Gasteiger partial charge is 0.339 e. The molecule has 33 heavy (non-hydrogen) atoms. The van der Waals surface area contributed by atoms with Gasteiger partial charge in [0, 0.05) is 49.6 Å². The lowest BCUT2D eigenvalue weighted by atomic mass is 10.1. The summed E-state index contributed by atoms with van der Waals surface area (Å²) in [7, 11) is 0. The van der Waals surface area contributed by atoms with Crippen LogP contribution in [-0.4, -0.2) is 57.3 Å². The smallest absolute Gasteiger partial charge is 0.245 e. The monoisotopic (exact) mass is 526 g/mol. The van der Waals surface area contributed by atoms with Gasteiger partial charge in [0.25, 0.3) is 0 Å². The number of halogens is 4. The number of benzene rings is 2. The van der Waals surface area contributed by atoms with E-state index in [0.29, 0.717) is 69.5 Å². The number of carbonyl (C=O) groups excluding carboxylic acids is 2. The summed E-state index contributed by atoms with van der Waals surface area (Å²) in [6.45, 7) is 5.40. The number of fused-ring (bicyclic) bond motifs is 1. The summed E-state index contributed by atoms with van der Waals surface area (Å²) in [5.74, 6) is 0.632. The van der Waals surface area contributed by atoms with Gasteiger partial charge in [0.05, 0.1) is 21.1 Å². The normalized spacial score (nSPS) is 15.2. The van der Waals surface area contributed by atoms with Gasteiger partial charge in [-0.15, -0.1) is 0 Å². The molecule has 0 unspecified atom stereocenters. The molecule has 1 saturated heterocycles. The quantitative estimate of drug-likeness (QED) is 0.450. The molecule has 2 aromatic carbocycles. The number of rotatable bonds is 4. The predicted octanol–water partition coefficient (Wildman–Crippen LogP) is 5.49. The highest BCUT2D eigenvalue weighted by molar-refractivity contribution is 6.42. The van der Waals surface area contributed by atoms with Gasteiger partial charge >= 0.3 is 0 Å². The Morgan fingerprint density at radius 3 is 2.21 bits per heavy atom. The van der Waals surface area contributed by atoms with Crippen LogP contribution in [0.2, 0.25) is 20.1 Å².